The first-order valence-corrected chi connectivity index (χ1v) is 7.46. The van der Waals surface area contributed by atoms with Crippen LogP contribution in [0, 0.1) is 5.92 Å². The van der Waals surface area contributed by atoms with Crippen LogP contribution in [0.3, 0.4) is 0 Å². The minimum Gasteiger partial charge on any atom is -0.388 e. The van der Waals surface area contributed by atoms with Gasteiger partial charge in [0.2, 0.25) is 5.91 Å². The second-order valence-corrected chi connectivity index (χ2v) is 5.77. The Morgan fingerprint density at radius 1 is 1.44 bits per heavy atom. The van der Waals surface area contributed by atoms with Crippen molar-refractivity contribution in [1.29, 1.82) is 0 Å². The zero-order valence-electron chi connectivity index (χ0n) is 10.3. The van der Waals surface area contributed by atoms with Crippen LogP contribution in [-0.2, 0) is 4.79 Å². The largest absolute Gasteiger partial charge is 0.388 e. The summed E-state index contributed by atoms with van der Waals surface area (Å²) >= 11 is 1.68. The molecule has 94 valence electrons. The first-order valence-electron chi connectivity index (χ1n) is 6.06. The fourth-order valence-corrected chi connectivity index (χ4v) is 2.79. The molecule has 0 aromatic rings. The highest BCUT2D eigenvalue weighted by Gasteiger charge is 2.29. The zero-order chi connectivity index (χ0) is 12.0. The lowest BCUT2D eigenvalue weighted by atomic mass is 9.85. The molecule has 0 aliphatic heterocycles. The number of aliphatic hydroxyl groups is 1. The third-order valence-corrected chi connectivity index (χ3v) is 4.07. The molecule has 1 atom stereocenters. The molecule has 1 rings (SSSR count). The number of hydrogen-bond donors (Lipinski definition) is 2. The van der Waals surface area contributed by atoms with Crippen LogP contribution in [0.25, 0.3) is 0 Å². The molecule has 2 N–H and O–H groups in total. The van der Waals surface area contributed by atoms with E-state index in [9.17, 15) is 9.90 Å². The summed E-state index contributed by atoms with van der Waals surface area (Å²) in [7, 11) is 0. The SMILES string of the molecule is CSC[C@@H](C)C(=O)NCC1(O)CCCCC1. The van der Waals surface area contributed by atoms with E-state index in [4.69, 9.17) is 0 Å². The van der Waals surface area contributed by atoms with Crippen molar-refractivity contribution >= 4 is 17.7 Å². The van der Waals surface area contributed by atoms with Gasteiger partial charge in [-0.1, -0.05) is 26.2 Å². The maximum absolute atomic E-state index is 11.7. The third kappa shape index (κ3) is 4.34. The Balaban J connectivity index is 2.29. The lowest BCUT2D eigenvalue weighted by molar-refractivity contribution is -0.125. The normalized spacial score (nSPS) is 21.4. The maximum Gasteiger partial charge on any atom is 0.223 e. The van der Waals surface area contributed by atoms with Gasteiger partial charge in [0.15, 0.2) is 0 Å². The van der Waals surface area contributed by atoms with Crippen molar-refractivity contribution in [3.63, 3.8) is 0 Å². The zero-order valence-corrected chi connectivity index (χ0v) is 11.1. The van der Waals surface area contributed by atoms with Crippen LogP contribution in [-0.4, -0.2) is 35.2 Å². The highest BCUT2D eigenvalue weighted by atomic mass is 32.2. The van der Waals surface area contributed by atoms with Gasteiger partial charge < -0.3 is 10.4 Å². The lowest BCUT2D eigenvalue weighted by Crippen LogP contribution is -2.45. The second kappa shape index (κ2) is 6.50. The van der Waals surface area contributed by atoms with Gasteiger partial charge in [-0.05, 0) is 19.1 Å². The molecule has 0 spiro atoms. The summed E-state index contributed by atoms with van der Waals surface area (Å²) in [6.07, 6.45) is 7.01. The fourth-order valence-electron chi connectivity index (χ4n) is 2.14. The van der Waals surface area contributed by atoms with Crippen molar-refractivity contribution in [2.45, 2.75) is 44.6 Å². The van der Waals surface area contributed by atoms with E-state index in [-0.39, 0.29) is 11.8 Å². The highest BCUT2D eigenvalue weighted by Crippen LogP contribution is 2.27. The summed E-state index contributed by atoms with van der Waals surface area (Å²) in [5.74, 6) is 0.931. The van der Waals surface area contributed by atoms with E-state index in [1.165, 1.54) is 6.42 Å². The Morgan fingerprint density at radius 2 is 2.06 bits per heavy atom. The minimum absolute atomic E-state index is 0.0298. The number of carbonyl (C=O) groups is 1. The molecule has 0 heterocycles. The van der Waals surface area contributed by atoms with E-state index >= 15 is 0 Å². The third-order valence-electron chi connectivity index (χ3n) is 3.24. The molecule has 1 saturated carbocycles. The first-order chi connectivity index (χ1) is 7.57. The molecular formula is C12H23NO2S. The lowest BCUT2D eigenvalue weighted by Gasteiger charge is -2.32. The van der Waals surface area contributed by atoms with E-state index in [1.807, 2.05) is 13.2 Å². The van der Waals surface area contributed by atoms with Gasteiger partial charge in [0.05, 0.1) is 5.60 Å². The number of nitrogens with one attached hydrogen (secondary N) is 1. The molecule has 16 heavy (non-hydrogen) atoms. The summed E-state index contributed by atoms with van der Waals surface area (Å²) in [6.45, 7) is 2.35. The monoisotopic (exact) mass is 245 g/mol. The average molecular weight is 245 g/mol. The Morgan fingerprint density at radius 3 is 2.62 bits per heavy atom. The molecule has 1 aliphatic rings. The van der Waals surface area contributed by atoms with E-state index < -0.39 is 5.60 Å². The molecule has 0 aromatic carbocycles. The quantitative estimate of drug-likeness (QED) is 0.776. The van der Waals surface area contributed by atoms with E-state index in [2.05, 4.69) is 5.32 Å². The van der Waals surface area contributed by atoms with Gasteiger partial charge in [0.1, 0.15) is 0 Å². The van der Waals surface area contributed by atoms with Gasteiger partial charge in [-0.25, -0.2) is 0 Å². The highest BCUT2D eigenvalue weighted by molar-refractivity contribution is 7.98. The van der Waals surface area contributed by atoms with Gasteiger partial charge in [-0.3, -0.25) is 4.79 Å². The van der Waals surface area contributed by atoms with Gasteiger partial charge in [-0.2, -0.15) is 11.8 Å². The Kier molecular flexibility index (Phi) is 5.62. The van der Waals surface area contributed by atoms with Crippen molar-refractivity contribution in [1.82, 2.24) is 5.32 Å². The number of amides is 1. The van der Waals surface area contributed by atoms with Crippen molar-refractivity contribution in [3.05, 3.63) is 0 Å². The molecule has 1 amide bonds. The molecule has 1 fully saturated rings. The molecule has 0 unspecified atom stereocenters. The fraction of sp³-hybridized carbons (Fsp3) is 0.917. The standard InChI is InChI=1S/C12H23NO2S/c1-10(8-16-2)11(14)13-9-12(15)6-4-3-5-7-12/h10,15H,3-9H2,1-2H3,(H,13,14)/t10-/m1/s1. The Labute approximate surface area is 102 Å². The van der Waals surface area contributed by atoms with Crippen LogP contribution in [0.2, 0.25) is 0 Å². The van der Waals surface area contributed by atoms with Gasteiger partial charge in [-0.15, -0.1) is 0 Å². The maximum atomic E-state index is 11.7. The van der Waals surface area contributed by atoms with Crippen LogP contribution < -0.4 is 5.32 Å². The second-order valence-electron chi connectivity index (χ2n) is 4.86. The number of rotatable bonds is 5. The van der Waals surface area contributed by atoms with E-state index in [0.29, 0.717) is 6.54 Å². The predicted molar refractivity (Wildman–Crippen MR) is 68.6 cm³/mol. The molecular weight excluding hydrogens is 222 g/mol. The van der Waals surface area contributed by atoms with Crippen LogP contribution >= 0.6 is 11.8 Å². The van der Waals surface area contributed by atoms with Gasteiger partial charge in [0, 0.05) is 18.2 Å². The predicted octanol–water partition coefficient (Wildman–Crippen LogP) is 1.80. The Hall–Kier alpha value is -0.220. The molecule has 1 aliphatic carbocycles. The summed E-state index contributed by atoms with van der Waals surface area (Å²) in [5.41, 5.74) is -0.646. The smallest absolute Gasteiger partial charge is 0.223 e. The number of thioether (sulfide) groups is 1. The molecule has 0 aromatic heterocycles. The summed E-state index contributed by atoms with van der Waals surface area (Å²) in [6, 6.07) is 0. The summed E-state index contributed by atoms with van der Waals surface area (Å²) < 4.78 is 0. The Bertz CT molecular complexity index is 227. The van der Waals surface area contributed by atoms with Crippen molar-refractivity contribution in [2.24, 2.45) is 5.92 Å². The summed E-state index contributed by atoms with van der Waals surface area (Å²) in [5, 5.41) is 13.1. The van der Waals surface area contributed by atoms with Gasteiger partial charge >= 0.3 is 0 Å². The molecule has 0 bridgehead atoms. The molecule has 0 saturated heterocycles. The number of hydrogen-bond acceptors (Lipinski definition) is 3. The first kappa shape index (κ1) is 13.8. The average Bonchev–Trinajstić information content (AvgIpc) is 2.27. The number of carbonyl (C=O) groups excluding carboxylic acids is 1. The van der Waals surface area contributed by atoms with Crippen LogP contribution in [0.5, 0.6) is 0 Å². The minimum atomic E-state index is -0.646. The molecule has 3 nitrogen and oxygen atoms in total. The topological polar surface area (TPSA) is 49.3 Å². The molecule has 4 heteroatoms. The van der Waals surface area contributed by atoms with E-state index in [1.54, 1.807) is 11.8 Å². The van der Waals surface area contributed by atoms with Crippen LogP contribution in [0.15, 0.2) is 0 Å². The van der Waals surface area contributed by atoms with Crippen LogP contribution in [0.4, 0.5) is 0 Å². The van der Waals surface area contributed by atoms with E-state index in [0.717, 1.165) is 31.4 Å². The van der Waals surface area contributed by atoms with Gasteiger partial charge in [0.25, 0.3) is 0 Å². The summed E-state index contributed by atoms with van der Waals surface area (Å²) in [4.78, 5) is 11.7. The molecule has 0 radical (unpaired) electrons. The van der Waals surface area contributed by atoms with Crippen molar-refractivity contribution in [2.75, 3.05) is 18.6 Å². The van der Waals surface area contributed by atoms with Crippen molar-refractivity contribution < 1.29 is 9.90 Å². The van der Waals surface area contributed by atoms with Crippen LogP contribution in [0.1, 0.15) is 39.0 Å². The van der Waals surface area contributed by atoms with Crippen molar-refractivity contribution in [3.8, 4) is 0 Å².